The van der Waals surface area contributed by atoms with Crippen molar-refractivity contribution in [1.29, 1.82) is 0 Å². The molecule has 6 nitrogen and oxygen atoms in total. The quantitative estimate of drug-likeness (QED) is 0.580. The minimum Gasteiger partial charge on any atom is -0.481 e. The van der Waals surface area contributed by atoms with Gasteiger partial charge >= 0.3 is 11.9 Å². The number of thioether (sulfide) groups is 1. The Morgan fingerprint density at radius 1 is 1.30 bits per heavy atom. The minimum atomic E-state index is -1.81. The number of aliphatic hydroxyl groups excluding tert-OH is 1. The third-order valence-electron chi connectivity index (χ3n) is 4.96. The molecule has 0 amide bonds. The van der Waals surface area contributed by atoms with Crippen LogP contribution >= 0.6 is 11.8 Å². The highest BCUT2D eigenvalue weighted by atomic mass is 32.2. The third-order valence-corrected chi connectivity index (χ3v) is 6.13. The van der Waals surface area contributed by atoms with Crippen molar-refractivity contribution >= 4 is 23.7 Å². The number of halogens is 1. The van der Waals surface area contributed by atoms with Crippen LogP contribution in [0.25, 0.3) is 0 Å². The largest absolute Gasteiger partial charge is 0.481 e. The van der Waals surface area contributed by atoms with Crippen LogP contribution in [0.5, 0.6) is 0 Å². The molecule has 0 heterocycles. The predicted molar refractivity (Wildman–Crippen MR) is 79.3 cm³/mol. The van der Waals surface area contributed by atoms with Crippen molar-refractivity contribution in [1.82, 2.24) is 0 Å². The van der Waals surface area contributed by atoms with Gasteiger partial charge in [0, 0.05) is 28.4 Å². The van der Waals surface area contributed by atoms with E-state index in [4.69, 9.17) is 10.8 Å². The molecule has 5 N–H and O–H groups in total. The summed E-state index contributed by atoms with van der Waals surface area (Å²) in [5.74, 6) is -6.02. The van der Waals surface area contributed by atoms with E-state index in [9.17, 15) is 24.2 Å². The second-order valence-corrected chi connectivity index (χ2v) is 7.11. The van der Waals surface area contributed by atoms with E-state index in [2.05, 4.69) is 0 Å². The first-order valence-electron chi connectivity index (χ1n) is 7.10. The van der Waals surface area contributed by atoms with Crippen LogP contribution in [0.4, 0.5) is 4.39 Å². The number of benzene rings is 1. The van der Waals surface area contributed by atoms with Crippen molar-refractivity contribution in [2.24, 2.45) is 29.4 Å². The molecule has 23 heavy (non-hydrogen) atoms. The molecule has 3 rings (SSSR count). The van der Waals surface area contributed by atoms with Gasteiger partial charge in [0.1, 0.15) is 11.4 Å². The maximum Gasteiger partial charge on any atom is 0.324 e. The van der Waals surface area contributed by atoms with Crippen LogP contribution in [-0.2, 0) is 9.59 Å². The Balaban J connectivity index is 1.81. The number of aliphatic carboxylic acids is 2. The molecule has 2 fully saturated rings. The lowest BCUT2D eigenvalue weighted by atomic mass is 9.81. The molecule has 0 aromatic heterocycles. The van der Waals surface area contributed by atoms with Crippen LogP contribution < -0.4 is 5.73 Å². The van der Waals surface area contributed by atoms with Crippen molar-refractivity contribution in [2.75, 3.05) is 5.75 Å². The smallest absolute Gasteiger partial charge is 0.324 e. The number of rotatable bonds is 5. The zero-order valence-electron chi connectivity index (χ0n) is 11.9. The summed E-state index contributed by atoms with van der Waals surface area (Å²) < 4.78 is 13.7. The van der Waals surface area contributed by atoms with E-state index in [0.29, 0.717) is 4.90 Å². The van der Waals surface area contributed by atoms with E-state index < -0.39 is 53.1 Å². The average molecular weight is 341 g/mol. The fraction of sp³-hybridized carbons (Fsp3) is 0.467. The lowest BCUT2D eigenvalue weighted by Gasteiger charge is -2.32. The summed E-state index contributed by atoms with van der Waals surface area (Å²) >= 11 is 1.07. The van der Waals surface area contributed by atoms with E-state index in [1.807, 2.05) is 0 Å². The summed E-state index contributed by atoms with van der Waals surface area (Å²) in [5, 5.41) is 28.9. The van der Waals surface area contributed by atoms with Gasteiger partial charge in [-0.05, 0) is 12.1 Å². The Kier molecular flexibility index (Phi) is 3.86. The monoisotopic (exact) mass is 341 g/mol. The summed E-state index contributed by atoms with van der Waals surface area (Å²) in [6, 6.07) is 6.04. The maximum absolute atomic E-state index is 13.7. The molecular weight excluding hydrogens is 325 g/mol. The summed E-state index contributed by atoms with van der Waals surface area (Å²) in [6.45, 7) is 0. The summed E-state index contributed by atoms with van der Waals surface area (Å²) in [5.41, 5.74) is 4.21. The Morgan fingerprint density at radius 2 is 1.96 bits per heavy atom. The zero-order valence-corrected chi connectivity index (χ0v) is 12.7. The molecule has 0 radical (unpaired) electrons. The fourth-order valence-electron chi connectivity index (χ4n) is 3.77. The first-order chi connectivity index (χ1) is 10.8. The van der Waals surface area contributed by atoms with Gasteiger partial charge in [0.05, 0.1) is 12.0 Å². The van der Waals surface area contributed by atoms with Gasteiger partial charge in [-0.25, -0.2) is 4.39 Å². The van der Waals surface area contributed by atoms with Gasteiger partial charge in [0.2, 0.25) is 0 Å². The molecule has 2 aliphatic rings. The highest BCUT2D eigenvalue weighted by Crippen LogP contribution is 2.64. The Morgan fingerprint density at radius 3 is 2.52 bits per heavy atom. The molecule has 8 heteroatoms. The summed E-state index contributed by atoms with van der Waals surface area (Å²) in [4.78, 5) is 23.1. The number of aliphatic hydroxyl groups is 1. The lowest BCUT2D eigenvalue weighted by molar-refractivity contribution is -0.148. The second kappa shape index (κ2) is 5.47. The van der Waals surface area contributed by atoms with Crippen LogP contribution in [0, 0.1) is 29.5 Å². The fourth-order valence-corrected chi connectivity index (χ4v) is 4.98. The highest BCUT2D eigenvalue weighted by Gasteiger charge is 2.77. The Hall–Kier alpha value is -1.64. The van der Waals surface area contributed by atoms with Gasteiger partial charge in [-0.15, -0.1) is 11.8 Å². The van der Waals surface area contributed by atoms with Gasteiger partial charge in [-0.2, -0.15) is 0 Å². The van der Waals surface area contributed by atoms with Crippen LogP contribution in [0.2, 0.25) is 0 Å². The number of hydrogen-bond acceptors (Lipinski definition) is 5. The molecule has 1 aromatic rings. The molecule has 2 aliphatic carbocycles. The molecule has 0 saturated heterocycles. The number of fused-ring (bicyclic) bond motifs is 1. The molecule has 0 unspecified atom stereocenters. The van der Waals surface area contributed by atoms with Gasteiger partial charge in [-0.3, -0.25) is 9.59 Å². The standard InChI is InChI=1S/C15H16FNO5S/c16-7-3-1-2-4-8(7)23-5-6-12(18)9-10(13(19)20)11(9)15(6,17)14(21)22/h1-4,6,9-12,18H,5,17H2,(H,19,20)(H,21,22)/t6-,9+,10+,11+,12-,15+/m1/s1. The molecule has 6 atom stereocenters. The number of hydrogen-bond donors (Lipinski definition) is 4. The third kappa shape index (κ3) is 2.32. The Bertz CT molecular complexity index is 671. The van der Waals surface area contributed by atoms with E-state index in [1.165, 1.54) is 6.07 Å². The predicted octanol–water partition coefficient (Wildman–Crippen LogP) is 0.637. The van der Waals surface area contributed by atoms with Gasteiger partial charge < -0.3 is 21.1 Å². The molecule has 1 aromatic carbocycles. The first-order valence-corrected chi connectivity index (χ1v) is 8.09. The number of carboxylic acids is 2. The molecule has 0 spiro atoms. The van der Waals surface area contributed by atoms with E-state index in [0.717, 1.165) is 11.8 Å². The van der Waals surface area contributed by atoms with Crippen molar-refractivity contribution in [2.45, 2.75) is 16.5 Å². The first kappa shape index (κ1) is 16.2. The van der Waals surface area contributed by atoms with Crippen molar-refractivity contribution in [3.63, 3.8) is 0 Å². The SMILES string of the molecule is N[C@]1(C(=O)O)[C@@H]2[C@@H](C(=O)O)[C@@H]2[C@H](O)[C@H]1CSc1ccccc1F. The molecular formula is C15H16FNO5S. The van der Waals surface area contributed by atoms with E-state index in [-0.39, 0.29) is 5.75 Å². The van der Waals surface area contributed by atoms with Crippen molar-refractivity contribution in [3.8, 4) is 0 Å². The highest BCUT2D eigenvalue weighted by molar-refractivity contribution is 7.99. The molecule has 124 valence electrons. The Labute approximate surface area is 135 Å². The van der Waals surface area contributed by atoms with Crippen LogP contribution in [-0.4, -0.2) is 44.7 Å². The summed E-state index contributed by atoms with van der Waals surface area (Å²) in [6.07, 6.45) is -1.12. The van der Waals surface area contributed by atoms with Crippen LogP contribution in [0.3, 0.4) is 0 Å². The average Bonchev–Trinajstić information content (AvgIpc) is 3.19. The number of carbonyl (C=O) groups is 2. The summed E-state index contributed by atoms with van der Waals surface area (Å²) in [7, 11) is 0. The maximum atomic E-state index is 13.7. The van der Waals surface area contributed by atoms with Crippen LogP contribution in [0.1, 0.15) is 0 Å². The topological polar surface area (TPSA) is 121 Å². The molecule has 0 bridgehead atoms. The lowest BCUT2D eigenvalue weighted by Crippen LogP contribution is -2.58. The van der Waals surface area contributed by atoms with Crippen molar-refractivity contribution in [3.05, 3.63) is 30.1 Å². The zero-order chi connectivity index (χ0) is 16.9. The van der Waals surface area contributed by atoms with Gasteiger partial charge in [-0.1, -0.05) is 12.1 Å². The van der Waals surface area contributed by atoms with Gasteiger partial charge in [0.15, 0.2) is 0 Å². The minimum absolute atomic E-state index is 0.101. The van der Waals surface area contributed by atoms with E-state index >= 15 is 0 Å². The van der Waals surface area contributed by atoms with E-state index in [1.54, 1.807) is 18.2 Å². The normalized spacial score (nSPS) is 38.1. The number of nitrogens with two attached hydrogens (primary N) is 1. The number of carboxylic acid groups (broad SMARTS) is 2. The molecule has 0 aliphatic heterocycles. The van der Waals surface area contributed by atoms with Crippen LogP contribution in [0.15, 0.2) is 29.2 Å². The van der Waals surface area contributed by atoms with Gasteiger partial charge in [0.25, 0.3) is 0 Å². The second-order valence-electron chi connectivity index (χ2n) is 6.04. The van der Waals surface area contributed by atoms with Crippen molar-refractivity contribution < 1.29 is 29.3 Å². The molecule has 2 saturated carbocycles.